The van der Waals surface area contributed by atoms with Gasteiger partial charge in [-0.15, -0.1) is 69.7 Å². The normalized spacial score (nSPS) is 13.1. The van der Waals surface area contributed by atoms with Crippen molar-refractivity contribution in [3.05, 3.63) is 64.7 Å². The number of thioether (sulfide) groups is 4. The number of hydrogen-bond donors (Lipinski definition) is 0. The summed E-state index contributed by atoms with van der Waals surface area (Å²) in [5.74, 6) is 5.97. The highest BCUT2D eigenvalue weighted by Gasteiger charge is 2.36. The van der Waals surface area contributed by atoms with E-state index in [4.69, 9.17) is 0 Å². The van der Waals surface area contributed by atoms with E-state index in [0.29, 0.717) is 11.8 Å². The van der Waals surface area contributed by atoms with Crippen molar-refractivity contribution in [1.29, 1.82) is 0 Å². The Bertz CT molecular complexity index is 1460. The maximum atomic E-state index is 2.66. The van der Waals surface area contributed by atoms with Crippen LogP contribution in [0.4, 0.5) is 0 Å². The van der Waals surface area contributed by atoms with Crippen LogP contribution in [0.3, 0.4) is 0 Å². The monoisotopic (exact) mass is 782 g/mol. The predicted octanol–water partition coefficient (Wildman–Crippen LogP) is 17.1. The highest BCUT2D eigenvalue weighted by atomic mass is 32.2. The topological polar surface area (TPSA) is 0 Å². The fourth-order valence-corrected chi connectivity index (χ4v) is 14.4. The second-order valence-corrected chi connectivity index (χ2v) is 21.7. The molecule has 2 aliphatic carbocycles. The molecule has 0 fully saturated rings. The van der Waals surface area contributed by atoms with E-state index < -0.39 is 0 Å². The van der Waals surface area contributed by atoms with Gasteiger partial charge in [-0.05, 0) is 95.9 Å². The molecule has 2 aromatic heterocycles. The van der Waals surface area contributed by atoms with Gasteiger partial charge < -0.3 is 0 Å². The minimum atomic E-state index is 0.546. The second kappa shape index (κ2) is 20.3. The maximum Gasteiger partial charge on any atom is 0.0486 e. The summed E-state index contributed by atoms with van der Waals surface area (Å²) in [5, 5.41) is 0. The number of unbranched alkanes of at least 4 members (excludes halogenated alkanes) is 8. The molecule has 0 saturated carbocycles. The SMILES string of the molecule is CCCCCSC(SCCCCC)=C1c2cc3c(cc2-c2sc(C(C)C)cc21)C(=C(SCCCCC)SCCCCC)c1cc(C(C)C)sc1-3. The lowest BCUT2D eigenvalue weighted by atomic mass is 9.98. The van der Waals surface area contributed by atoms with Gasteiger partial charge in [-0.2, -0.15) is 0 Å². The molecule has 2 aliphatic rings. The molecule has 274 valence electrons. The first kappa shape index (κ1) is 40.7. The Morgan fingerprint density at radius 3 is 1.04 bits per heavy atom. The Balaban J connectivity index is 1.71. The lowest BCUT2D eigenvalue weighted by Crippen LogP contribution is -1.93. The van der Waals surface area contributed by atoms with Gasteiger partial charge in [0.05, 0.1) is 0 Å². The molecule has 0 spiro atoms. The third-order valence-corrected chi connectivity index (χ3v) is 17.9. The van der Waals surface area contributed by atoms with E-state index >= 15 is 0 Å². The van der Waals surface area contributed by atoms with Gasteiger partial charge in [0, 0.05) is 61.4 Å². The molecule has 3 aromatic rings. The first-order valence-corrected chi connectivity index (χ1v) is 25.4. The van der Waals surface area contributed by atoms with E-state index in [1.807, 2.05) is 0 Å². The van der Waals surface area contributed by atoms with Crippen LogP contribution in [-0.4, -0.2) is 23.0 Å². The standard InChI is InChI=1S/C44H62S6/c1-9-13-17-21-45-43(46-22-18-14-10-2)39-31-25-34-32(26-33(31)41-35(39)27-37(49-41)29(5)6)40(36-28-38(30(7)8)50-42(34)36)44(47-23-19-15-11-3)48-24-20-16-12-4/h25-30H,9-24H2,1-8H3. The van der Waals surface area contributed by atoms with E-state index in [0.717, 1.165) is 0 Å². The molecule has 0 N–H and O–H groups in total. The van der Waals surface area contributed by atoms with Gasteiger partial charge in [-0.1, -0.05) is 107 Å². The first-order chi connectivity index (χ1) is 24.3. The quantitative estimate of drug-likeness (QED) is 0.0641. The zero-order chi connectivity index (χ0) is 35.6. The molecule has 0 saturated heterocycles. The van der Waals surface area contributed by atoms with Crippen LogP contribution < -0.4 is 0 Å². The molecule has 2 heterocycles. The molecule has 0 nitrogen and oxygen atoms in total. The van der Waals surface area contributed by atoms with E-state index in [2.05, 4.69) is 149 Å². The van der Waals surface area contributed by atoms with Crippen molar-refractivity contribution in [1.82, 2.24) is 0 Å². The van der Waals surface area contributed by atoms with Gasteiger partial charge in [0.2, 0.25) is 0 Å². The van der Waals surface area contributed by atoms with Crippen LogP contribution in [0.25, 0.3) is 32.0 Å². The van der Waals surface area contributed by atoms with Gasteiger partial charge in [-0.3, -0.25) is 0 Å². The summed E-state index contributed by atoms with van der Waals surface area (Å²) < 4.78 is 3.15. The summed E-state index contributed by atoms with van der Waals surface area (Å²) in [5.41, 5.74) is 12.1. The number of hydrogen-bond acceptors (Lipinski definition) is 6. The summed E-state index contributed by atoms with van der Waals surface area (Å²) in [7, 11) is 0. The Labute approximate surface area is 331 Å². The molecule has 0 radical (unpaired) electrons. The van der Waals surface area contributed by atoms with Crippen LogP contribution >= 0.6 is 69.7 Å². The molecular weight excluding hydrogens is 721 g/mol. The lowest BCUT2D eigenvalue weighted by Gasteiger charge is -2.16. The van der Waals surface area contributed by atoms with E-state index in [1.165, 1.54) is 153 Å². The largest absolute Gasteiger partial charge is 0.139 e. The Kier molecular flexibility index (Phi) is 16.5. The fraction of sp³-hybridized carbons (Fsp3) is 0.591. The van der Waals surface area contributed by atoms with Crippen molar-refractivity contribution >= 4 is 80.9 Å². The van der Waals surface area contributed by atoms with Gasteiger partial charge in [-0.25, -0.2) is 0 Å². The number of thiophene rings is 2. The van der Waals surface area contributed by atoms with Crippen molar-refractivity contribution < 1.29 is 0 Å². The molecule has 50 heavy (non-hydrogen) atoms. The molecule has 0 amide bonds. The molecule has 5 rings (SSSR count). The fourth-order valence-electron chi connectivity index (χ4n) is 6.72. The molecule has 0 unspecified atom stereocenters. The summed E-state index contributed by atoms with van der Waals surface area (Å²) >= 11 is 12.8. The predicted molar refractivity (Wildman–Crippen MR) is 241 cm³/mol. The summed E-state index contributed by atoms with van der Waals surface area (Å²) in [4.78, 5) is 6.10. The minimum absolute atomic E-state index is 0.546. The smallest absolute Gasteiger partial charge is 0.0486 e. The highest BCUT2D eigenvalue weighted by molar-refractivity contribution is 8.22. The van der Waals surface area contributed by atoms with Crippen LogP contribution in [0, 0.1) is 0 Å². The Morgan fingerprint density at radius 2 is 0.760 bits per heavy atom. The van der Waals surface area contributed by atoms with Crippen molar-refractivity contribution in [3.8, 4) is 20.9 Å². The van der Waals surface area contributed by atoms with Crippen molar-refractivity contribution in [2.75, 3.05) is 23.0 Å². The maximum absolute atomic E-state index is 2.66. The third-order valence-electron chi connectivity index (χ3n) is 9.70. The van der Waals surface area contributed by atoms with E-state index in [-0.39, 0.29) is 0 Å². The van der Waals surface area contributed by atoms with Gasteiger partial charge in [0.15, 0.2) is 0 Å². The highest BCUT2D eigenvalue weighted by Crippen LogP contribution is 2.60. The molecule has 0 bridgehead atoms. The second-order valence-electron chi connectivity index (χ2n) is 14.6. The summed E-state index contributed by atoms with van der Waals surface area (Å²) in [6.07, 6.45) is 15.6. The Morgan fingerprint density at radius 1 is 0.440 bits per heavy atom. The van der Waals surface area contributed by atoms with Crippen LogP contribution in [0.1, 0.15) is 176 Å². The Hall–Kier alpha value is -0.500. The number of fused-ring (bicyclic) bond motifs is 6. The molecule has 6 heteroatoms. The molecule has 1 aromatic carbocycles. The summed E-state index contributed by atoms with van der Waals surface area (Å²) in [6.45, 7) is 18.8. The van der Waals surface area contributed by atoms with Crippen LogP contribution in [-0.2, 0) is 0 Å². The molecule has 0 atom stereocenters. The third kappa shape index (κ3) is 9.59. The zero-order valence-electron chi connectivity index (χ0n) is 32.2. The number of benzene rings is 1. The van der Waals surface area contributed by atoms with Crippen LogP contribution in [0.15, 0.2) is 32.7 Å². The van der Waals surface area contributed by atoms with Crippen molar-refractivity contribution in [3.63, 3.8) is 0 Å². The van der Waals surface area contributed by atoms with Gasteiger partial charge in [0.25, 0.3) is 0 Å². The van der Waals surface area contributed by atoms with E-state index in [1.54, 1.807) is 19.6 Å². The number of rotatable bonds is 22. The molecular formula is C44H62S6. The molecule has 0 aliphatic heterocycles. The van der Waals surface area contributed by atoms with E-state index in [9.17, 15) is 0 Å². The zero-order valence-corrected chi connectivity index (χ0v) is 37.1. The van der Waals surface area contributed by atoms with Gasteiger partial charge in [0.1, 0.15) is 0 Å². The summed E-state index contributed by atoms with van der Waals surface area (Å²) in [6, 6.07) is 10.5. The lowest BCUT2D eigenvalue weighted by molar-refractivity contribution is 0.778. The minimum Gasteiger partial charge on any atom is -0.139 e. The van der Waals surface area contributed by atoms with Crippen LogP contribution in [0.2, 0.25) is 0 Å². The van der Waals surface area contributed by atoms with Crippen LogP contribution in [0.5, 0.6) is 0 Å². The average Bonchev–Trinajstić information content (AvgIpc) is 3.86. The average molecular weight is 783 g/mol. The van der Waals surface area contributed by atoms with Crippen molar-refractivity contribution in [2.24, 2.45) is 0 Å². The van der Waals surface area contributed by atoms with Crippen molar-refractivity contribution in [2.45, 2.75) is 144 Å². The van der Waals surface area contributed by atoms with Gasteiger partial charge >= 0.3 is 0 Å². The first-order valence-electron chi connectivity index (χ1n) is 19.8.